The lowest BCUT2D eigenvalue weighted by Gasteiger charge is -2.22. The molecule has 0 saturated carbocycles. The number of halogens is 1. The molecule has 1 unspecified atom stereocenters. The first-order valence-electron chi connectivity index (χ1n) is 11.9. The smallest absolute Gasteiger partial charge is 0.274 e. The Morgan fingerprint density at radius 1 is 1.21 bits per heavy atom. The van der Waals surface area contributed by atoms with Crippen molar-refractivity contribution in [1.29, 1.82) is 0 Å². The fourth-order valence-electron chi connectivity index (χ4n) is 4.67. The molecule has 2 atom stereocenters. The molecule has 1 aromatic heterocycles. The van der Waals surface area contributed by atoms with Crippen LogP contribution in [0.25, 0.3) is 0 Å². The minimum Gasteiger partial charge on any atom is -0.380 e. The molecule has 178 valence electrons. The molecule has 0 spiro atoms. The topological polar surface area (TPSA) is 70.6 Å². The van der Waals surface area contributed by atoms with E-state index in [4.69, 9.17) is 14.7 Å². The highest BCUT2D eigenvalue weighted by Crippen LogP contribution is 2.29. The van der Waals surface area contributed by atoms with E-state index in [-0.39, 0.29) is 23.7 Å². The fraction of sp³-hybridized carbons (Fsp3) is 0.560. The molecule has 3 heterocycles. The number of amides is 1. The van der Waals surface area contributed by atoms with Crippen LogP contribution in [-0.2, 0) is 4.74 Å². The number of hydrogen-bond acceptors (Lipinski definition) is 6. The van der Waals surface area contributed by atoms with E-state index < -0.39 is 0 Å². The Bertz CT molecular complexity index is 962. The molecule has 1 N–H and O–H groups in total. The van der Waals surface area contributed by atoms with Gasteiger partial charge in [0.1, 0.15) is 17.3 Å². The normalized spacial score (nSPS) is 19.8. The zero-order chi connectivity index (χ0) is 23.4. The number of anilines is 1. The zero-order valence-corrected chi connectivity index (χ0v) is 19.8. The third-order valence-corrected chi connectivity index (χ3v) is 6.76. The largest absolute Gasteiger partial charge is 0.380 e. The Morgan fingerprint density at radius 3 is 2.61 bits per heavy atom. The quantitative estimate of drug-likeness (QED) is 0.658. The molecule has 2 aliphatic heterocycles. The van der Waals surface area contributed by atoms with Crippen molar-refractivity contribution < 1.29 is 13.9 Å². The number of methoxy groups -OCH3 is 1. The van der Waals surface area contributed by atoms with E-state index in [0.29, 0.717) is 36.0 Å². The van der Waals surface area contributed by atoms with Gasteiger partial charge in [0.2, 0.25) is 0 Å². The van der Waals surface area contributed by atoms with Crippen molar-refractivity contribution in [3.8, 4) is 0 Å². The van der Waals surface area contributed by atoms with E-state index in [9.17, 15) is 9.18 Å². The molecule has 7 nitrogen and oxygen atoms in total. The molecule has 8 heteroatoms. The number of rotatable bonds is 8. The van der Waals surface area contributed by atoms with Crippen molar-refractivity contribution in [3.63, 3.8) is 0 Å². The Labute approximate surface area is 195 Å². The number of ether oxygens (including phenoxy) is 1. The van der Waals surface area contributed by atoms with Crippen LogP contribution in [0.5, 0.6) is 0 Å². The molecular formula is C25H34FN5O2. The molecular weight excluding hydrogens is 421 g/mol. The van der Waals surface area contributed by atoms with Crippen LogP contribution in [0.3, 0.4) is 0 Å². The summed E-state index contributed by atoms with van der Waals surface area (Å²) in [7, 11) is 1.68. The van der Waals surface area contributed by atoms with E-state index in [2.05, 4.69) is 10.2 Å². The van der Waals surface area contributed by atoms with Crippen molar-refractivity contribution in [2.75, 3.05) is 51.7 Å². The van der Waals surface area contributed by atoms with Gasteiger partial charge in [-0.05, 0) is 57.0 Å². The summed E-state index contributed by atoms with van der Waals surface area (Å²) in [4.78, 5) is 27.1. The summed E-state index contributed by atoms with van der Waals surface area (Å²) in [5.74, 6) is 0.152. The zero-order valence-electron chi connectivity index (χ0n) is 19.8. The third-order valence-electron chi connectivity index (χ3n) is 6.76. The molecule has 1 aromatic carbocycles. The minimum atomic E-state index is -0.275. The Balaban J connectivity index is 1.61. The number of benzene rings is 1. The first kappa shape index (κ1) is 23.6. The van der Waals surface area contributed by atoms with E-state index in [1.165, 1.54) is 25.0 Å². The summed E-state index contributed by atoms with van der Waals surface area (Å²) in [6.07, 6.45) is 3.39. The van der Waals surface area contributed by atoms with Gasteiger partial charge in [0.15, 0.2) is 0 Å². The van der Waals surface area contributed by atoms with Gasteiger partial charge in [-0.1, -0.05) is 19.1 Å². The third kappa shape index (κ3) is 5.50. The maximum absolute atomic E-state index is 13.5. The molecule has 2 aromatic rings. The van der Waals surface area contributed by atoms with Gasteiger partial charge in [0.05, 0.1) is 17.5 Å². The molecule has 0 radical (unpaired) electrons. The van der Waals surface area contributed by atoms with Crippen LogP contribution in [0.15, 0.2) is 24.3 Å². The van der Waals surface area contributed by atoms with Crippen molar-refractivity contribution in [3.05, 3.63) is 52.7 Å². The number of aromatic nitrogens is 2. The maximum Gasteiger partial charge on any atom is 0.274 e. The SMILES string of the molecule is CO[C@H]1CCN(C(=O)c2nc(C(C)c3ccc(F)cc3)c(NCCN3CCCC3)nc2C)C1. The van der Waals surface area contributed by atoms with Gasteiger partial charge >= 0.3 is 0 Å². The van der Waals surface area contributed by atoms with Crippen molar-refractivity contribution in [2.45, 2.75) is 45.1 Å². The van der Waals surface area contributed by atoms with E-state index in [1.807, 2.05) is 13.8 Å². The molecule has 0 aliphatic carbocycles. The highest BCUT2D eigenvalue weighted by Gasteiger charge is 2.30. The summed E-state index contributed by atoms with van der Waals surface area (Å²) in [5, 5.41) is 3.46. The van der Waals surface area contributed by atoms with Crippen molar-refractivity contribution in [1.82, 2.24) is 19.8 Å². The highest BCUT2D eigenvalue weighted by atomic mass is 19.1. The number of aryl methyl sites for hydroxylation is 1. The van der Waals surface area contributed by atoms with Crippen LogP contribution in [-0.4, -0.2) is 78.2 Å². The molecule has 1 amide bonds. The average Bonchev–Trinajstić information content (AvgIpc) is 3.51. The molecule has 33 heavy (non-hydrogen) atoms. The van der Waals surface area contributed by atoms with Gasteiger partial charge < -0.3 is 19.9 Å². The van der Waals surface area contributed by atoms with E-state index in [0.717, 1.165) is 38.2 Å². The van der Waals surface area contributed by atoms with Crippen LogP contribution in [0.4, 0.5) is 10.2 Å². The van der Waals surface area contributed by atoms with E-state index in [1.54, 1.807) is 24.1 Å². The fourth-order valence-corrected chi connectivity index (χ4v) is 4.67. The predicted molar refractivity (Wildman–Crippen MR) is 126 cm³/mol. The maximum atomic E-state index is 13.5. The Kier molecular flexibility index (Phi) is 7.55. The standard InChI is InChI=1S/C25H34FN5O2/c1-17(19-6-8-20(26)9-7-19)22-24(27-11-15-30-12-4-5-13-30)28-18(2)23(29-22)25(32)31-14-10-21(16-31)33-3/h6-9,17,21H,4-5,10-16H2,1-3H3,(H,27,28)/t17?,21-/m0/s1. The molecule has 2 aliphatic rings. The first-order valence-corrected chi connectivity index (χ1v) is 11.9. The van der Waals surface area contributed by atoms with Gasteiger partial charge in [0, 0.05) is 39.2 Å². The average molecular weight is 456 g/mol. The second-order valence-corrected chi connectivity index (χ2v) is 9.04. The Morgan fingerprint density at radius 2 is 1.94 bits per heavy atom. The molecule has 2 fully saturated rings. The number of nitrogens with zero attached hydrogens (tertiary/aromatic N) is 4. The number of likely N-dealkylation sites (tertiary alicyclic amines) is 2. The first-order chi connectivity index (χ1) is 16.0. The predicted octanol–water partition coefficient (Wildman–Crippen LogP) is 3.44. The van der Waals surface area contributed by atoms with Gasteiger partial charge in [-0.25, -0.2) is 14.4 Å². The summed E-state index contributed by atoms with van der Waals surface area (Å²) < 4.78 is 18.9. The molecule has 4 rings (SSSR count). The minimum absolute atomic E-state index is 0.0614. The van der Waals surface area contributed by atoms with E-state index >= 15 is 0 Å². The lowest BCUT2D eigenvalue weighted by molar-refractivity contribution is 0.0717. The second-order valence-electron chi connectivity index (χ2n) is 9.04. The van der Waals surface area contributed by atoms with Crippen molar-refractivity contribution >= 4 is 11.7 Å². The van der Waals surface area contributed by atoms with Crippen LogP contribution < -0.4 is 5.32 Å². The number of carbonyl (C=O) groups is 1. The monoisotopic (exact) mass is 455 g/mol. The highest BCUT2D eigenvalue weighted by molar-refractivity contribution is 5.93. The summed E-state index contributed by atoms with van der Waals surface area (Å²) in [6.45, 7) is 9.04. The molecule has 2 saturated heterocycles. The van der Waals surface area contributed by atoms with Gasteiger partial charge in [0.25, 0.3) is 5.91 Å². The van der Waals surface area contributed by atoms with Crippen LogP contribution in [0.2, 0.25) is 0 Å². The Hall–Kier alpha value is -2.58. The van der Waals surface area contributed by atoms with Gasteiger partial charge in [-0.2, -0.15) is 0 Å². The van der Waals surface area contributed by atoms with Gasteiger partial charge in [-0.3, -0.25) is 4.79 Å². The van der Waals surface area contributed by atoms with Crippen LogP contribution >= 0.6 is 0 Å². The number of nitrogens with one attached hydrogen (secondary N) is 1. The summed E-state index contributed by atoms with van der Waals surface area (Å²) in [5.41, 5.74) is 2.62. The lowest BCUT2D eigenvalue weighted by atomic mass is 9.97. The van der Waals surface area contributed by atoms with Crippen LogP contribution in [0, 0.1) is 12.7 Å². The van der Waals surface area contributed by atoms with Gasteiger partial charge in [-0.15, -0.1) is 0 Å². The summed E-state index contributed by atoms with van der Waals surface area (Å²) in [6, 6.07) is 6.44. The number of hydrogen-bond donors (Lipinski definition) is 1. The van der Waals surface area contributed by atoms with Crippen molar-refractivity contribution in [2.24, 2.45) is 0 Å². The summed E-state index contributed by atoms with van der Waals surface area (Å²) >= 11 is 0. The van der Waals surface area contributed by atoms with Crippen LogP contribution in [0.1, 0.15) is 59.5 Å². The molecule has 0 bridgehead atoms. The number of carbonyl (C=O) groups excluding carboxylic acids is 1. The second kappa shape index (κ2) is 10.6. The lowest BCUT2D eigenvalue weighted by Crippen LogP contribution is -2.32.